The molecule has 82 valence electrons. The molecule has 1 aliphatic heterocycles. The van der Waals surface area contributed by atoms with Crippen LogP contribution >= 0.6 is 11.6 Å². The van der Waals surface area contributed by atoms with E-state index < -0.39 is 0 Å². The molecule has 5 nitrogen and oxygen atoms in total. The largest absolute Gasteiger partial charge is 0.353 e. The summed E-state index contributed by atoms with van der Waals surface area (Å²) in [5, 5.41) is 0.572. The van der Waals surface area contributed by atoms with E-state index in [1.807, 2.05) is 0 Å². The third-order valence-corrected chi connectivity index (χ3v) is 2.95. The van der Waals surface area contributed by atoms with Gasteiger partial charge in [-0.2, -0.15) is 4.98 Å². The lowest BCUT2D eigenvalue weighted by Gasteiger charge is -2.23. The summed E-state index contributed by atoms with van der Waals surface area (Å²) >= 11 is 6.06. The molecule has 0 radical (unpaired) electrons. The van der Waals surface area contributed by atoms with Crippen molar-refractivity contribution in [1.82, 2.24) is 9.97 Å². The lowest BCUT2D eigenvalue weighted by molar-refractivity contribution is 0.726. The summed E-state index contributed by atoms with van der Waals surface area (Å²) < 4.78 is 0. The van der Waals surface area contributed by atoms with Gasteiger partial charge < -0.3 is 4.90 Å². The Bertz CT molecular complexity index is 356. The maximum absolute atomic E-state index is 6.06. The van der Waals surface area contributed by atoms with Gasteiger partial charge in [0.15, 0.2) is 5.82 Å². The summed E-state index contributed by atoms with van der Waals surface area (Å²) in [6.45, 7) is 3.16. The van der Waals surface area contributed by atoms with E-state index >= 15 is 0 Å². The number of nitrogen functional groups attached to an aromatic ring is 1. The van der Waals surface area contributed by atoms with Crippen molar-refractivity contribution in [3.63, 3.8) is 0 Å². The summed E-state index contributed by atoms with van der Waals surface area (Å²) in [4.78, 5) is 10.4. The van der Waals surface area contributed by atoms with Gasteiger partial charge in [0, 0.05) is 12.6 Å². The second-order valence-electron chi connectivity index (χ2n) is 3.69. The van der Waals surface area contributed by atoms with Crippen LogP contribution in [0.25, 0.3) is 0 Å². The van der Waals surface area contributed by atoms with E-state index in [2.05, 4.69) is 27.2 Å². The Balaban J connectivity index is 2.33. The number of nitrogens with zero attached hydrogens (tertiary/aromatic N) is 3. The molecule has 0 spiro atoms. The predicted molar refractivity (Wildman–Crippen MR) is 60.9 cm³/mol. The van der Waals surface area contributed by atoms with Crippen LogP contribution < -0.4 is 16.2 Å². The zero-order valence-electron chi connectivity index (χ0n) is 8.57. The van der Waals surface area contributed by atoms with Crippen LogP contribution in [-0.4, -0.2) is 22.6 Å². The molecule has 15 heavy (non-hydrogen) atoms. The lowest BCUT2D eigenvalue weighted by atomic mass is 10.2. The highest BCUT2D eigenvalue weighted by molar-refractivity contribution is 6.32. The number of nitrogens with one attached hydrogen (secondary N) is 1. The summed E-state index contributed by atoms with van der Waals surface area (Å²) in [7, 11) is 0. The molecular weight excluding hydrogens is 214 g/mol. The van der Waals surface area contributed by atoms with Crippen LogP contribution in [0.15, 0.2) is 6.20 Å². The summed E-state index contributed by atoms with van der Waals surface area (Å²) in [6.07, 6.45) is 3.92. The number of hydrogen-bond acceptors (Lipinski definition) is 5. The summed E-state index contributed by atoms with van der Waals surface area (Å²) in [5.41, 5.74) is 2.43. The van der Waals surface area contributed by atoms with Crippen molar-refractivity contribution in [2.24, 2.45) is 5.84 Å². The van der Waals surface area contributed by atoms with E-state index in [0.717, 1.165) is 12.4 Å². The first-order chi connectivity index (χ1) is 7.22. The number of halogens is 1. The molecular formula is C9H14ClN5. The number of aromatic nitrogens is 2. The molecule has 1 unspecified atom stereocenters. The van der Waals surface area contributed by atoms with Gasteiger partial charge in [-0.3, -0.25) is 5.43 Å². The van der Waals surface area contributed by atoms with Crippen LogP contribution in [-0.2, 0) is 0 Å². The van der Waals surface area contributed by atoms with Gasteiger partial charge in [0.05, 0.1) is 6.20 Å². The van der Waals surface area contributed by atoms with Gasteiger partial charge in [0.1, 0.15) is 5.02 Å². The van der Waals surface area contributed by atoms with Gasteiger partial charge in [-0.25, -0.2) is 10.8 Å². The maximum Gasteiger partial charge on any atom is 0.239 e. The molecule has 0 aliphatic carbocycles. The lowest BCUT2D eigenvalue weighted by Crippen LogP contribution is -2.28. The number of hydrogen-bond donors (Lipinski definition) is 2. The molecule has 0 bridgehead atoms. The molecule has 1 aliphatic rings. The van der Waals surface area contributed by atoms with E-state index in [-0.39, 0.29) is 0 Å². The molecule has 1 saturated heterocycles. The van der Waals surface area contributed by atoms with Crippen molar-refractivity contribution in [3.05, 3.63) is 11.2 Å². The highest BCUT2D eigenvalue weighted by atomic mass is 35.5. The normalized spacial score (nSPS) is 20.7. The first kappa shape index (κ1) is 10.4. The average molecular weight is 228 g/mol. The Labute approximate surface area is 93.6 Å². The highest BCUT2D eigenvalue weighted by Gasteiger charge is 2.23. The maximum atomic E-state index is 6.06. The molecule has 6 heteroatoms. The fraction of sp³-hybridized carbons (Fsp3) is 0.556. The average Bonchev–Trinajstić information content (AvgIpc) is 2.65. The van der Waals surface area contributed by atoms with Gasteiger partial charge in [0.25, 0.3) is 0 Å². The standard InChI is InChI=1S/C9H14ClN5/c1-6-3-2-4-15(6)8-7(10)5-12-9(13-8)14-11/h5-6H,2-4,11H2,1H3,(H,12,13,14). The van der Waals surface area contributed by atoms with Gasteiger partial charge >= 0.3 is 0 Å². The van der Waals surface area contributed by atoms with E-state index in [4.69, 9.17) is 17.4 Å². The molecule has 1 aromatic heterocycles. The minimum absolute atomic E-state index is 0.397. The van der Waals surface area contributed by atoms with Crippen LogP contribution in [0.2, 0.25) is 5.02 Å². The molecule has 2 rings (SSSR count). The zero-order valence-corrected chi connectivity index (χ0v) is 9.33. The van der Waals surface area contributed by atoms with Crippen LogP contribution in [0, 0.1) is 0 Å². The van der Waals surface area contributed by atoms with Crippen molar-refractivity contribution >= 4 is 23.4 Å². The van der Waals surface area contributed by atoms with Crippen molar-refractivity contribution in [2.75, 3.05) is 16.9 Å². The van der Waals surface area contributed by atoms with Crippen LogP contribution in [0.1, 0.15) is 19.8 Å². The molecule has 0 saturated carbocycles. The Morgan fingerprint density at radius 2 is 2.47 bits per heavy atom. The molecule has 1 atom stereocenters. The van der Waals surface area contributed by atoms with Gasteiger partial charge in [-0.15, -0.1) is 0 Å². The summed E-state index contributed by atoms with van der Waals surface area (Å²) in [6, 6.07) is 0.475. The third-order valence-electron chi connectivity index (χ3n) is 2.68. The Hall–Kier alpha value is -1.07. The van der Waals surface area contributed by atoms with E-state index in [1.165, 1.54) is 12.8 Å². The van der Waals surface area contributed by atoms with Crippen LogP contribution in [0.3, 0.4) is 0 Å². The fourth-order valence-electron chi connectivity index (χ4n) is 1.88. The second-order valence-corrected chi connectivity index (χ2v) is 4.10. The predicted octanol–water partition coefficient (Wildman–Crippen LogP) is 1.40. The Morgan fingerprint density at radius 1 is 1.67 bits per heavy atom. The van der Waals surface area contributed by atoms with Crippen molar-refractivity contribution in [2.45, 2.75) is 25.8 Å². The van der Waals surface area contributed by atoms with Crippen LogP contribution in [0.4, 0.5) is 11.8 Å². The number of hydrazine groups is 1. The Morgan fingerprint density at radius 3 is 3.07 bits per heavy atom. The minimum atomic E-state index is 0.397. The fourth-order valence-corrected chi connectivity index (χ4v) is 2.08. The molecule has 0 amide bonds. The van der Waals surface area contributed by atoms with Gasteiger partial charge in [-0.1, -0.05) is 11.6 Å². The number of anilines is 2. The highest BCUT2D eigenvalue weighted by Crippen LogP contribution is 2.29. The first-order valence-electron chi connectivity index (χ1n) is 4.98. The first-order valence-corrected chi connectivity index (χ1v) is 5.36. The summed E-state index contributed by atoms with van der Waals surface area (Å²) in [5.74, 6) is 6.43. The second kappa shape index (κ2) is 4.20. The van der Waals surface area contributed by atoms with Crippen molar-refractivity contribution < 1.29 is 0 Å². The van der Waals surface area contributed by atoms with E-state index in [0.29, 0.717) is 17.0 Å². The monoisotopic (exact) mass is 227 g/mol. The van der Waals surface area contributed by atoms with E-state index in [1.54, 1.807) is 6.20 Å². The number of rotatable bonds is 2. The van der Waals surface area contributed by atoms with Gasteiger partial charge in [0.2, 0.25) is 5.95 Å². The topological polar surface area (TPSA) is 67.1 Å². The van der Waals surface area contributed by atoms with Crippen molar-refractivity contribution in [1.29, 1.82) is 0 Å². The van der Waals surface area contributed by atoms with Gasteiger partial charge in [-0.05, 0) is 19.8 Å². The molecule has 3 N–H and O–H groups in total. The minimum Gasteiger partial charge on any atom is -0.353 e. The van der Waals surface area contributed by atoms with Crippen molar-refractivity contribution in [3.8, 4) is 0 Å². The number of nitrogens with two attached hydrogens (primary N) is 1. The quantitative estimate of drug-likeness (QED) is 0.591. The molecule has 2 heterocycles. The zero-order chi connectivity index (χ0) is 10.8. The van der Waals surface area contributed by atoms with E-state index in [9.17, 15) is 0 Å². The smallest absolute Gasteiger partial charge is 0.239 e. The molecule has 0 aromatic carbocycles. The molecule has 1 fully saturated rings. The molecule has 1 aromatic rings. The van der Waals surface area contributed by atoms with Crippen LogP contribution in [0.5, 0.6) is 0 Å². The SMILES string of the molecule is CC1CCCN1c1nc(NN)ncc1Cl. The third kappa shape index (κ3) is 1.98. The Kier molecular flexibility index (Phi) is 2.93.